The summed E-state index contributed by atoms with van der Waals surface area (Å²) < 4.78 is 26.4. The average molecular weight is 259 g/mol. The third-order valence-corrected chi connectivity index (χ3v) is 2.68. The first-order valence-corrected chi connectivity index (χ1v) is 5.36. The van der Waals surface area contributed by atoms with E-state index in [1.807, 2.05) is 25.9 Å². The SMILES string of the molecule is CC(CNc1cc(F)cc(F)c1[N+](=O)[O-])N(C)C. The lowest BCUT2D eigenvalue weighted by Gasteiger charge is -2.20. The van der Waals surface area contributed by atoms with Crippen LogP contribution in [0.1, 0.15) is 6.92 Å². The van der Waals surface area contributed by atoms with Gasteiger partial charge in [-0.15, -0.1) is 0 Å². The van der Waals surface area contributed by atoms with Gasteiger partial charge in [-0.05, 0) is 21.0 Å². The van der Waals surface area contributed by atoms with E-state index in [9.17, 15) is 18.9 Å². The molecular formula is C11H15F2N3O2. The molecule has 0 fully saturated rings. The van der Waals surface area contributed by atoms with Crippen LogP contribution in [0.3, 0.4) is 0 Å². The minimum atomic E-state index is -1.18. The number of nitrogens with one attached hydrogen (secondary N) is 1. The van der Waals surface area contributed by atoms with Gasteiger partial charge in [0.1, 0.15) is 11.5 Å². The van der Waals surface area contributed by atoms with Crippen molar-refractivity contribution in [1.82, 2.24) is 4.90 Å². The first kappa shape index (κ1) is 14.3. The molecule has 0 amide bonds. The number of rotatable bonds is 5. The summed E-state index contributed by atoms with van der Waals surface area (Å²) in [5.74, 6) is -2.03. The van der Waals surface area contributed by atoms with Gasteiger partial charge in [0.25, 0.3) is 0 Å². The van der Waals surface area contributed by atoms with Crippen molar-refractivity contribution in [3.63, 3.8) is 0 Å². The Balaban J connectivity index is 2.97. The minimum Gasteiger partial charge on any atom is -0.378 e. The van der Waals surface area contributed by atoms with E-state index in [0.29, 0.717) is 12.6 Å². The molecule has 0 aliphatic heterocycles. The van der Waals surface area contributed by atoms with Crippen molar-refractivity contribution >= 4 is 11.4 Å². The maximum absolute atomic E-state index is 13.3. The molecule has 18 heavy (non-hydrogen) atoms. The van der Waals surface area contributed by atoms with E-state index in [2.05, 4.69) is 5.32 Å². The highest BCUT2D eigenvalue weighted by atomic mass is 19.1. The molecule has 0 aliphatic carbocycles. The van der Waals surface area contributed by atoms with Gasteiger partial charge in [-0.2, -0.15) is 4.39 Å². The predicted molar refractivity (Wildman–Crippen MR) is 64.7 cm³/mol. The molecule has 0 aromatic heterocycles. The number of benzene rings is 1. The van der Waals surface area contributed by atoms with Crippen LogP contribution in [0.15, 0.2) is 12.1 Å². The van der Waals surface area contributed by atoms with Gasteiger partial charge in [-0.25, -0.2) is 4.39 Å². The van der Waals surface area contributed by atoms with Crippen molar-refractivity contribution in [2.45, 2.75) is 13.0 Å². The van der Waals surface area contributed by atoms with Crippen LogP contribution in [0.4, 0.5) is 20.2 Å². The van der Waals surface area contributed by atoms with E-state index >= 15 is 0 Å². The number of nitro benzene ring substituents is 1. The molecule has 1 rings (SSSR count). The molecule has 0 radical (unpaired) electrons. The van der Waals surface area contributed by atoms with Gasteiger partial charge >= 0.3 is 5.69 Å². The molecule has 0 aliphatic rings. The summed E-state index contributed by atoms with van der Waals surface area (Å²) in [7, 11) is 3.68. The summed E-state index contributed by atoms with van der Waals surface area (Å²) in [5, 5.41) is 13.4. The van der Waals surface area contributed by atoms with Gasteiger partial charge in [0, 0.05) is 24.7 Å². The highest BCUT2D eigenvalue weighted by molar-refractivity contribution is 5.62. The van der Waals surface area contributed by atoms with Crippen LogP contribution in [0.25, 0.3) is 0 Å². The van der Waals surface area contributed by atoms with E-state index in [-0.39, 0.29) is 11.7 Å². The smallest absolute Gasteiger partial charge is 0.327 e. The Kier molecular flexibility index (Phi) is 4.55. The topological polar surface area (TPSA) is 58.4 Å². The first-order valence-electron chi connectivity index (χ1n) is 5.36. The van der Waals surface area contributed by atoms with Crippen molar-refractivity contribution in [3.8, 4) is 0 Å². The van der Waals surface area contributed by atoms with Gasteiger partial charge in [-0.1, -0.05) is 0 Å². The second-order valence-corrected chi connectivity index (χ2v) is 4.23. The average Bonchev–Trinajstić information content (AvgIpc) is 2.23. The highest BCUT2D eigenvalue weighted by Gasteiger charge is 2.22. The maximum atomic E-state index is 13.3. The summed E-state index contributed by atoms with van der Waals surface area (Å²) in [6.07, 6.45) is 0. The molecule has 0 saturated carbocycles. The monoisotopic (exact) mass is 259 g/mol. The quantitative estimate of drug-likeness (QED) is 0.650. The summed E-state index contributed by atoms with van der Waals surface area (Å²) in [4.78, 5) is 11.7. The normalized spacial score (nSPS) is 12.6. The molecule has 7 heteroatoms. The number of halogens is 2. The molecule has 1 N–H and O–H groups in total. The van der Waals surface area contributed by atoms with Gasteiger partial charge in [0.05, 0.1) is 4.92 Å². The predicted octanol–water partition coefficient (Wildman–Crippen LogP) is 2.24. The second-order valence-electron chi connectivity index (χ2n) is 4.23. The Bertz CT molecular complexity index is 452. The largest absolute Gasteiger partial charge is 0.378 e. The Morgan fingerprint density at radius 1 is 1.44 bits per heavy atom. The fraction of sp³-hybridized carbons (Fsp3) is 0.455. The third kappa shape index (κ3) is 3.36. The van der Waals surface area contributed by atoms with Crippen LogP contribution in [0.2, 0.25) is 0 Å². The highest BCUT2D eigenvalue weighted by Crippen LogP contribution is 2.28. The molecule has 1 aromatic carbocycles. The fourth-order valence-electron chi connectivity index (χ4n) is 1.33. The van der Waals surface area contributed by atoms with Gasteiger partial charge in [-0.3, -0.25) is 10.1 Å². The van der Waals surface area contributed by atoms with Crippen molar-refractivity contribution in [3.05, 3.63) is 33.9 Å². The third-order valence-electron chi connectivity index (χ3n) is 2.68. The summed E-state index contributed by atoms with van der Waals surface area (Å²) in [6.45, 7) is 2.23. The molecule has 1 aromatic rings. The van der Waals surface area contributed by atoms with Gasteiger partial charge in [0.2, 0.25) is 5.82 Å². The maximum Gasteiger partial charge on any atom is 0.327 e. The lowest BCUT2D eigenvalue weighted by Crippen LogP contribution is -2.31. The molecule has 0 saturated heterocycles. The second kappa shape index (κ2) is 5.72. The molecule has 0 spiro atoms. The van der Waals surface area contributed by atoms with E-state index in [1.165, 1.54) is 0 Å². The lowest BCUT2D eigenvalue weighted by atomic mass is 10.2. The van der Waals surface area contributed by atoms with Crippen molar-refractivity contribution in [2.75, 3.05) is 26.0 Å². The molecule has 1 atom stereocenters. The van der Waals surface area contributed by atoms with Crippen LogP contribution in [-0.2, 0) is 0 Å². The minimum absolute atomic E-state index is 0.0657. The lowest BCUT2D eigenvalue weighted by molar-refractivity contribution is -0.386. The Labute approximate surface area is 104 Å². The van der Waals surface area contributed by atoms with E-state index < -0.39 is 22.2 Å². The van der Waals surface area contributed by atoms with Crippen molar-refractivity contribution in [2.24, 2.45) is 0 Å². The van der Waals surface area contributed by atoms with E-state index in [0.717, 1.165) is 6.07 Å². The Morgan fingerprint density at radius 3 is 2.56 bits per heavy atom. The van der Waals surface area contributed by atoms with Crippen molar-refractivity contribution < 1.29 is 13.7 Å². The molecule has 5 nitrogen and oxygen atoms in total. The zero-order chi connectivity index (χ0) is 13.9. The zero-order valence-electron chi connectivity index (χ0n) is 10.4. The number of hydrogen-bond donors (Lipinski definition) is 1. The number of anilines is 1. The van der Waals surface area contributed by atoms with Gasteiger partial charge in [0.15, 0.2) is 0 Å². The van der Waals surface area contributed by atoms with Crippen molar-refractivity contribution in [1.29, 1.82) is 0 Å². The summed E-state index contributed by atoms with van der Waals surface area (Å²) in [6, 6.07) is 1.48. The van der Waals surface area contributed by atoms with Crippen LogP contribution >= 0.6 is 0 Å². The molecule has 1 unspecified atom stereocenters. The number of nitro groups is 1. The van der Waals surface area contributed by atoms with Crippen LogP contribution in [0.5, 0.6) is 0 Å². The molecule has 0 bridgehead atoms. The van der Waals surface area contributed by atoms with Crippen LogP contribution in [-0.4, -0.2) is 36.5 Å². The van der Waals surface area contributed by atoms with Gasteiger partial charge < -0.3 is 10.2 Å². The van der Waals surface area contributed by atoms with Crippen LogP contribution < -0.4 is 5.32 Å². The van der Waals surface area contributed by atoms with E-state index in [1.54, 1.807) is 0 Å². The number of likely N-dealkylation sites (N-methyl/N-ethyl adjacent to an activating group) is 1. The van der Waals surface area contributed by atoms with E-state index in [4.69, 9.17) is 0 Å². The standard InChI is InChI=1S/C11H15F2N3O2/c1-7(15(2)3)6-14-10-5-8(12)4-9(13)11(10)16(17)18/h4-5,7,14H,6H2,1-3H3. The van der Waals surface area contributed by atoms with Crippen LogP contribution in [0, 0.1) is 21.7 Å². The molecular weight excluding hydrogens is 244 g/mol. The molecule has 0 heterocycles. The fourth-order valence-corrected chi connectivity index (χ4v) is 1.33. The summed E-state index contributed by atoms with van der Waals surface area (Å²) in [5.41, 5.74) is -0.881. The molecule has 100 valence electrons. The summed E-state index contributed by atoms with van der Waals surface area (Å²) >= 11 is 0. The number of hydrogen-bond acceptors (Lipinski definition) is 4. The number of nitrogens with zero attached hydrogens (tertiary/aromatic N) is 2. The Hall–Kier alpha value is -1.76. The Morgan fingerprint density at radius 2 is 2.06 bits per heavy atom. The zero-order valence-corrected chi connectivity index (χ0v) is 10.4. The first-order chi connectivity index (χ1) is 8.32.